The number of esters is 1. The Morgan fingerprint density at radius 2 is 1.86 bits per heavy atom. The van der Waals surface area contributed by atoms with Crippen LogP contribution in [0, 0.1) is 0 Å². The predicted molar refractivity (Wildman–Crippen MR) is 94.4 cm³/mol. The van der Waals surface area contributed by atoms with E-state index in [-0.39, 0.29) is 26.9 Å². The van der Waals surface area contributed by atoms with Gasteiger partial charge in [0.15, 0.2) is 0 Å². The van der Waals surface area contributed by atoms with Gasteiger partial charge >= 0.3 is 23.8 Å². The number of halogens is 4. The van der Waals surface area contributed by atoms with Gasteiger partial charge in [-0.3, -0.25) is 14.2 Å². The van der Waals surface area contributed by atoms with Gasteiger partial charge in [-0.2, -0.15) is 13.2 Å². The molecule has 1 N–H and O–H groups in total. The second-order valence-electron chi connectivity index (χ2n) is 6.02. The molecule has 0 aliphatic rings. The number of carbonyl (C=O) groups excluding carboxylic acids is 1. The highest BCUT2D eigenvalue weighted by molar-refractivity contribution is 6.33. The molecule has 8 nitrogen and oxygen atoms in total. The average molecular weight is 435 g/mol. The van der Waals surface area contributed by atoms with E-state index in [1.807, 2.05) is 0 Å². The highest BCUT2D eigenvalue weighted by atomic mass is 35.5. The van der Waals surface area contributed by atoms with Crippen molar-refractivity contribution in [2.45, 2.75) is 25.6 Å². The van der Waals surface area contributed by atoms with E-state index in [1.165, 1.54) is 6.92 Å². The maximum absolute atomic E-state index is 12.9. The molecule has 156 valence electrons. The van der Waals surface area contributed by atoms with Gasteiger partial charge in [0.1, 0.15) is 11.8 Å². The summed E-state index contributed by atoms with van der Waals surface area (Å²) in [6.07, 6.45) is -6.38. The first-order chi connectivity index (χ1) is 13.3. The Kier molecular flexibility index (Phi) is 6.21. The van der Waals surface area contributed by atoms with Crippen LogP contribution >= 0.6 is 11.6 Å². The standard InChI is InChI=1S/C17H14ClF3N2O6/c1-8(5-14(25)26)29-15(27)10-6-9(3-4-11(10)18)23-13(24)7-12(17(19,20)21)22(2)16(23)28/h3-4,6-8H,5H2,1-2H3,(H,25,26). The third-order valence-electron chi connectivity index (χ3n) is 3.81. The van der Waals surface area contributed by atoms with Gasteiger partial charge in [0.25, 0.3) is 5.56 Å². The van der Waals surface area contributed by atoms with Crippen LogP contribution in [-0.2, 0) is 22.8 Å². The molecule has 0 fully saturated rings. The second-order valence-corrected chi connectivity index (χ2v) is 6.43. The van der Waals surface area contributed by atoms with E-state index in [1.54, 1.807) is 0 Å². The highest BCUT2D eigenvalue weighted by Gasteiger charge is 2.35. The number of carboxylic acid groups (broad SMARTS) is 1. The molecule has 1 aromatic carbocycles. The van der Waals surface area contributed by atoms with Gasteiger partial charge in [-0.05, 0) is 25.1 Å². The molecular weight excluding hydrogens is 421 g/mol. The Morgan fingerprint density at radius 3 is 2.41 bits per heavy atom. The summed E-state index contributed by atoms with van der Waals surface area (Å²) in [5, 5.41) is 8.58. The maximum Gasteiger partial charge on any atom is 0.431 e. The molecular formula is C17H14ClF3N2O6. The molecule has 29 heavy (non-hydrogen) atoms. The number of benzene rings is 1. The minimum atomic E-state index is -4.92. The van der Waals surface area contributed by atoms with Crippen LogP contribution in [-0.4, -0.2) is 32.3 Å². The third kappa shape index (κ3) is 4.86. The van der Waals surface area contributed by atoms with E-state index in [9.17, 15) is 32.3 Å². The summed E-state index contributed by atoms with van der Waals surface area (Å²) in [6.45, 7) is 1.33. The van der Waals surface area contributed by atoms with E-state index in [0.717, 1.165) is 25.2 Å². The molecule has 0 radical (unpaired) electrons. The first kappa shape index (κ1) is 22.2. The van der Waals surface area contributed by atoms with Crippen LogP contribution in [0.4, 0.5) is 13.2 Å². The number of hydrogen-bond acceptors (Lipinski definition) is 5. The second kappa shape index (κ2) is 8.11. The summed E-state index contributed by atoms with van der Waals surface area (Å²) in [4.78, 5) is 47.4. The van der Waals surface area contributed by atoms with E-state index >= 15 is 0 Å². The first-order valence-corrected chi connectivity index (χ1v) is 8.33. The largest absolute Gasteiger partial charge is 0.481 e. The summed E-state index contributed by atoms with van der Waals surface area (Å²) < 4.78 is 44.5. The van der Waals surface area contributed by atoms with Crippen LogP contribution in [0.5, 0.6) is 0 Å². The minimum absolute atomic E-state index is 0.127. The summed E-state index contributed by atoms with van der Waals surface area (Å²) in [5.74, 6) is -2.23. The highest BCUT2D eigenvalue weighted by Crippen LogP contribution is 2.27. The third-order valence-corrected chi connectivity index (χ3v) is 4.14. The van der Waals surface area contributed by atoms with Crippen molar-refractivity contribution in [1.29, 1.82) is 0 Å². The lowest BCUT2D eigenvalue weighted by atomic mass is 10.2. The number of rotatable bonds is 5. The molecule has 0 spiro atoms. The fraction of sp³-hybridized carbons (Fsp3) is 0.294. The Morgan fingerprint density at radius 1 is 1.24 bits per heavy atom. The summed E-state index contributed by atoms with van der Waals surface area (Å²) in [7, 11) is 0.847. The van der Waals surface area contributed by atoms with Crippen molar-refractivity contribution in [2.24, 2.45) is 7.05 Å². The van der Waals surface area contributed by atoms with Crippen molar-refractivity contribution in [3.05, 3.63) is 61.4 Å². The summed E-state index contributed by atoms with van der Waals surface area (Å²) >= 11 is 5.93. The first-order valence-electron chi connectivity index (χ1n) is 7.96. The topological polar surface area (TPSA) is 108 Å². The molecule has 0 aliphatic carbocycles. The van der Waals surface area contributed by atoms with Gasteiger partial charge in [0, 0.05) is 13.1 Å². The minimum Gasteiger partial charge on any atom is -0.481 e. The van der Waals surface area contributed by atoms with Gasteiger partial charge in [-0.1, -0.05) is 11.6 Å². The summed E-state index contributed by atoms with van der Waals surface area (Å²) in [6, 6.07) is 3.56. The number of carboxylic acids is 1. The number of hydrogen-bond donors (Lipinski definition) is 1. The molecule has 12 heteroatoms. The Balaban J connectivity index is 2.54. The number of aromatic nitrogens is 2. The van der Waals surface area contributed by atoms with Crippen molar-refractivity contribution in [1.82, 2.24) is 9.13 Å². The molecule has 1 heterocycles. The monoisotopic (exact) mass is 434 g/mol. The number of alkyl halides is 3. The molecule has 2 rings (SSSR count). The number of carbonyl (C=O) groups is 2. The van der Waals surface area contributed by atoms with Crippen LogP contribution in [0.1, 0.15) is 29.4 Å². The molecule has 1 atom stereocenters. The van der Waals surface area contributed by atoms with Gasteiger partial charge in [-0.15, -0.1) is 0 Å². The van der Waals surface area contributed by atoms with E-state index in [2.05, 4.69) is 0 Å². The van der Waals surface area contributed by atoms with Crippen molar-refractivity contribution in [2.75, 3.05) is 0 Å². The van der Waals surface area contributed by atoms with E-state index in [0.29, 0.717) is 4.57 Å². The van der Waals surface area contributed by atoms with Crippen molar-refractivity contribution in [3.8, 4) is 5.69 Å². The van der Waals surface area contributed by atoms with Gasteiger partial charge in [0.2, 0.25) is 0 Å². The molecule has 0 saturated heterocycles. The Bertz CT molecular complexity index is 1090. The molecule has 1 unspecified atom stereocenters. The van der Waals surface area contributed by atoms with Gasteiger partial charge in [0.05, 0.1) is 22.7 Å². The van der Waals surface area contributed by atoms with Gasteiger partial charge in [-0.25, -0.2) is 14.2 Å². The lowest BCUT2D eigenvalue weighted by Crippen LogP contribution is -2.40. The zero-order valence-electron chi connectivity index (χ0n) is 15.0. The number of ether oxygens (including phenoxy) is 1. The number of nitrogens with zero attached hydrogens (tertiary/aromatic N) is 2. The quantitative estimate of drug-likeness (QED) is 0.723. The molecule has 0 saturated carbocycles. The van der Waals surface area contributed by atoms with Crippen molar-refractivity contribution in [3.63, 3.8) is 0 Å². The van der Waals surface area contributed by atoms with Crippen LogP contribution in [0.25, 0.3) is 5.69 Å². The SMILES string of the molecule is CC(CC(=O)O)OC(=O)c1cc(-n2c(=O)cc(C(F)(F)F)n(C)c2=O)ccc1Cl. The predicted octanol–water partition coefficient (Wildman–Crippen LogP) is 2.23. The van der Waals surface area contributed by atoms with Crippen LogP contribution in [0.15, 0.2) is 33.9 Å². The number of aliphatic carboxylic acids is 1. The normalized spacial score (nSPS) is 12.5. The smallest absolute Gasteiger partial charge is 0.431 e. The molecule has 0 amide bonds. The molecule has 2 aromatic rings. The molecule has 0 bridgehead atoms. The Hall–Kier alpha value is -3.08. The van der Waals surface area contributed by atoms with Crippen LogP contribution in [0.3, 0.4) is 0 Å². The Labute approximate surface area is 165 Å². The van der Waals surface area contributed by atoms with E-state index < -0.39 is 47.6 Å². The fourth-order valence-electron chi connectivity index (χ4n) is 2.48. The van der Waals surface area contributed by atoms with Crippen LogP contribution in [0.2, 0.25) is 5.02 Å². The molecule has 1 aromatic heterocycles. The van der Waals surface area contributed by atoms with E-state index in [4.69, 9.17) is 21.4 Å². The summed E-state index contributed by atoms with van der Waals surface area (Å²) in [5.41, 5.74) is -4.49. The van der Waals surface area contributed by atoms with Gasteiger partial charge < -0.3 is 9.84 Å². The lowest BCUT2D eigenvalue weighted by molar-refractivity contribution is -0.144. The zero-order chi connectivity index (χ0) is 22.1. The average Bonchev–Trinajstić information content (AvgIpc) is 2.57. The maximum atomic E-state index is 12.9. The van der Waals surface area contributed by atoms with Crippen molar-refractivity contribution >= 4 is 23.5 Å². The lowest BCUT2D eigenvalue weighted by Gasteiger charge is -2.15. The fourth-order valence-corrected chi connectivity index (χ4v) is 2.67. The zero-order valence-corrected chi connectivity index (χ0v) is 15.7. The van der Waals surface area contributed by atoms with Crippen molar-refractivity contribution < 1.29 is 32.6 Å². The van der Waals surface area contributed by atoms with Crippen LogP contribution < -0.4 is 11.2 Å². The molecule has 0 aliphatic heterocycles.